The van der Waals surface area contributed by atoms with E-state index < -0.39 is 17.8 Å². The second-order valence-corrected chi connectivity index (χ2v) is 3.95. The molecule has 0 amide bonds. The number of ether oxygens (including phenoxy) is 1. The molecule has 0 aliphatic rings. The highest BCUT2D eigenvalue weighted by Gasteiger charge is 2.25. The summed E-state index contributed by atoms with van der Waals surface area (Å²) in [6.07, 6.45) is 0.849. The van der Waals surface area contributed by atoms with Crippen LogP contribution in [-0.4, -0.2) is 19.1 Å². The van der Waals surface area contributed by atoms with Crippen molar-refractivity contribution in [2.45, 2.75) is 32.4 Å². The van der Waals surface area contributed by atoms with Crippen LogP contribution in [0.2, 0.25) is 0 Å². The number of hydrogen-bond acceptors (Lipinski definition) is 3. The topological polar surface area (TPSA) is 38.3 Å². The van der Waals surface area contributed by atoms with Gasteiger partial charge in [0.1, 0.15) is 11.9 Å². The maximum absolute atomic E-state index is 13.6. The number of carbonyl (C=O) groups is 1. The van der Waals surface area contributed by atoms with Gasteiger partial charge in [-0.05, 0) is 19.4 Å². The molecule has 0 radical (unpaired) electrons. The summed E-state index contributed by atoms with van der Waals surface area (Å²) < 4.78 is 18.3. The van der Waals surface area contributed by atoms with Gasteiger partial charge >= 0.3 is 5.97 Å². The average Bonchev–Trinajstić information content (AvgIpc) is 2.35. The van der Waals surface area contributed by atoms with Crippen molar-refractivity contribution in [1.82, 2.24) is 5.32 Å². The fourth-order valence-corrected chi connectivity index (χ4v) is 1.51. The Morgan fingerprint density at radius 1 is 1.47 bits per heavy atom. The van der Waals surface area contributed by atoms with E-state index in [1.165, 1.54) is 13.2 Å². The molecule has 1 rings (SSSR count). The van der Waals surface area contributed by atoms with E-state index in [0.717, 1.165) is 6.42 Å². The zero-order valence-corrected chi connectivity index (χ0v) is 10.4. The fraction of sp³-hybridized carbons (Fsp3) is 0.462. The van der Waals surface area contributed by atoms with Crippen LogP contribution in [0.5, 0.6) is 0 Å². The predicted molar refractivity (Wildman–Crippen MR) is 64.0 cm³/mol. The van der Waals surface area contributed by atoms with Crippen LogP contribution in [0.15, 0.2) is 24.3 Å². The fourth-order valence-electron chi connectivity index (χ4n) is 1.51. The molecule has 1 aromatic carbocycles. The third-order valence-electron chi connectivity index (χ3n) is 2.72. The summed E-state index contributed by atoms with van der Waals surface area (Å²) in [6, 6.07) is 5.58. The van der Waals surface area contributed by atoms with Gasteiger partial charge in [0.15, 0.2) is 0 Å². The van der Waals surface area contributed by atoms with E-state index in [9.17, 15) is 9.18 Å². The molecule has 2 unspecified atom stereocenters. The predicted octanol–water partition coefficient (Wildman–Crippen LogP) is 2.43. The monoisotopic (exact) mass is 239 g/mol. The number of hydrogen-bond donors (Lipinski definition) is 1. The lowest BCUT2D eigenvalue weighted by Gasteiger charge is -2.21. The minimum Gasteiger partial charge on any atom is -0.468 e. The van der Waals surface area contributed by atoms with Crippen LogP contribution in [0.1, 0.15) is 31.9 Å². The number of rotatable bonds is 5. The largest absolute Gasteiger partial charge is 0.468 e. The van der Waals surface area contributed by atoms with Gasteiger partial charge in [-0.1, -0.05) is 25.1 Å². The molecular formula is C13H18FNO2. The smallest absolute Gasteiger partial charge is 0.327 e. The lowest BCUT2D eigenvalue weighted by Crippen LogP contribution is -2.36. The lowest BCUT2D eigenvalue weighted by atomic mass is 10.0. The molecule has 4 heteroatoms. The highest BCUT2D eigenvalue weighted by molar-refractivity contribution is 5.77. The summed E-state index contributed by atoms with van der Waals surface area (Å²) in [7, 11) is 1.30. The Labute approximate surface area is 101 Å². The Bertz CT molecular complexity index is 381. The summed E-state index contributed by atoms with van der Waals surface area (Å²) in [5.74, 6) is -0.880. The quantitative estimate of drug-likeness (QED) is 0.802. The first-order chi connectivity index (χ1) is 8.10. The lowest BCUT2D eigenvalue weighted by molar-refractivity contribution is -0.143. The van der Waals surface area contributed by atoms with Gasteiger partial charge in [0, 0.05) is 11.6 Å². The zero-order chi connectivity index (χ0) is 12.8. The normalized spacial score (nSPS) is 14.1. The molecule has 1 N–H and O–H groups in total. The van der Waals surface area contributed by atoms with Crippen LogP contribution in [0.25, 0.3) is 0 Å². The van der Waals surface area contributed by atoms with Crippen molar-refractivity contribution in [2.75, 3.05) is 7.11 Å². The number of esters is 1. The molecule has 2 atom stereocenters. The summed E-state index contributed by atoms with van der Waals surface area (Å²) >= 11 is 0. The molecule has 3 nitrogen and oxygen atoms in total. The van der Waals surface area contributed by atoms with Gasteiger partial charge in [-0.3, -0.25) is 5.32 Å². The van der Waals surface area contributed by atoms with Crippen LogP contribution in [0.4, 0.5) is 4.39 Å². The number of benzene rings is 1. The van der Waals surface area contributed by atoms with E-state index in [2.05, 4.69) is 5.32 Å². The first-order valence-corrected chi connectivity index (χ1v) is 5.68. The van der Waals surface area contributed by atoms with E-state index in [-0.39, 0.29) is 6.04 Å². The first-order valence-electron chi connectivity index (χ1n) is 5.68. The molecule has 0 bridgehead atoms. The van der Waals surface area contributed by atoms with E-state index in [0.29, 0.717) is 5.56 Å². The second kappa shape index (κ2) is 6.35. The Kier molecular flexibility index (Phi) is 5.10. The van der Waals surface area contributed by atoms with Gasteiger partial charge in [-0.2, -0.15) is 0 Å². The maximum Gasteiger partial charge on any atom is 0.327 e. The summed E-state index contributed by atoms with van der Waals surface area (Å²) in [5.41, 5.74) is 0.319. The molecule has 1 aromatic rings. The van der Waals surface area contributed by atoms with E-state index in [1.807, 2.05) is 13.8 Å². The number of halogens is 1. The van der Waals surface area contributed by atoms with Crippen LogP contribution in [-0.2, 0) is 9.53 Å². The van der Waals surface area contributed by atoms with Gasteiger partial charge in [-0.15, -0.1) is 0 Å². The molecular weight excluding hydrogens is 221 g/mol. The summed E-state index contributed by atoms with van der Waals surface area (Å²) in [6.45, 7) is 3.93. The van der Waals surface area contributed by atoms with Gasteiger partial charge in [0.05, 0.1) is 7.11 Å². The first kappa shape index (κ1) is 13.6. The van der Waals surface area contributed by atoms with Crippen molar-refractivity contribution in [3.63, 3.8) is 0 Å². The van der Waals surface area contributed by atoms with Crippen LogP contribution >= 0.6 is 0 Å². The van der Waals surface area contributed by atoms with Crippen LogP contribution < -0.4 is 5.32 Å². The van der Waals surface area contributed by atoms with Crippen molar-refractivity contribution < 1.29 is 13.9 Å². The van der Waals surface area contributed by atoms with Crippen molar-refractivity contribution >= 4 is 5.97 Å². The molecule has 0 fully saturated rings. The third kappa shape index (κ3) is 3.53. The van der Waals surface area contributed by atoms with Gasteiger partial charge in [0.25, 0.3) is 0 Å². The van der Waals surface area contributed by atoms with E-state index in [4.69, 9.17) is 4.74 Å². The molecule has 0 aliphatic heterocycles. The Balaban J connectivity index is 2.98. The average molecular weight is 239 g/mol. The molecule has 0 aromatic heterocycles. The zero-order valence-electron chi connectivity index (χ0n) is 10.4. The van der Waals surface area contributed by atoms with Gasteiger partial charge in [-0.25, -0.2) is 9.18 Å². The van der Waals surface area contributed by atoms with Gasteiger partial charge < -0.3 is 4.74 Å². The van der Waals surface area contributed by atoms with Crippen LogP contribution in [0.3, 0.4) is 0 Å². The molecule has 17 heavy (non-hydrogen) atoms. The third-order valence-corrected chi connectivity index (χ3v) is 2.72. The number of methoxy groups -OCH3 is 1. The molecule has 0 saturated carbocycles. The number of nitrogens with one attached hydrogen (secondary N) is 1. The van der Waals surface area contributed by atoms with Crippen molar-refractivity contribution in [3.05, 3.63) is 35.6 Å². The van der Waals surface area contributed by atoms with Crippen molar-refractivity contribution in [1.29, 1.82) is 0 Å². The molecule has 0 spiro atoms. The Morgan fingerprint density at radius 3 is 2.65 bits per heavy atom. The minimum absolute atomic E-state index is 0.110. The summed E-state index contributed by atoms with van der Waals surface area (Å²) in [5, 5.41) is 3.06. The van der Waals surface area contributed by atoms with E-state index in [1.54, 1.807) is 18.2 Å². The molecule has 0 heterocycles. The van der Waals surface area contributed by atoms with Crippen molar-refractivity contribution in [2.24, 2.45) is 0 Å². The molecule has 0 aliphatic carbocycles. The second-order valence-electron chi connectivity index (χ2n) is 3.95. The number of carbonyl (C=O) groups excluding carboxylic acids is 1. The Hall–Kier alpha value is -1.42. The highest BCUT2D eigenvalue weighted by Crippen LogP contribution is 2.19. The van der Waals surface area contributed by atoms with E-state index >= 15 is 0 Å². The minimum atomic E-state index is -0.754. The summed E-state index contributed by atoms with van der Waals surface area (Å²) in [4.78, 5) is 11.7. The Morgan fingerprint density at radius 2 is 2.12 bits per heavy atom. The SMILES string of the molecule is CCC(C)NC(C(=O)OC)c1ccccc1F. The maximum atomic E-state index is 13.6. The van der Waals surface area contributed by atoms with Crippen LogP contribution in [0, 0.1) is 5.82 Å². The molecule has 0 saturated heterocycles. The molecule has 94 valence electrons. The van der Waals surface area contributed by atoms with Gasteiger partial charge in [0.2, 0.25) is 0 Å². The highest BCUT2D eigenvalue weighted by atomic mass is 19.1. The van der Waals surface area contributed by atoms with Crippen molar-refractivity contribution in [3.8, 4) is 0 Å². The standard InChI is InChI=1S/C13H18FNO2/c1-4-9(2)15-12(13(16)17-3)10-7-5-6-8-11(10)14/h5-9,12,15H,4H2,1-3H3.